The van der Waals surface area contributed by atoms with Crippen LogP contribution in [0.2, 0.25) is 0 Å². The van der Waals surface area contributed by atoms with Gasteiger partial charge >= 0.3 is 7.48 Å². The third-order valence-electron chi connectivity index (χ3n) is 4.75. The predicted molar refractivity (Wildman–Crippen MR) is 92.1 cm³/mol. The molecule has 0 bridgehead atoms. The SMILES string of the molecule is CCS(=O)(=O)N[C@H]1C[C@H](c2cn(O)c3ncc4c(c32)C=CBO4)C1. The lowest BCUT2D eigenvalue weighted by Gasteiger charge is -2.35. The number of aromatic nitrogens is 2. The minimum atomic E-state index is -3.18. The van der Waals surface area contributed by atoms with E-state index in [4.69, 9.17) is 4.65 Å². The summed E-state index contributed by atoms with van der Waals surface area (Å²) in [5.74, 6) is 2.91. The van der Waals surface area contributed by atoms with Crippen molar-refractivity contribution in [1.82, 2.24) is 14.4 Å². The Morgan fingerprint density at radius 2 is 2.29 bits per heavy atom. The Hall–Kier alpha value is -2.00. The van der Waals surface area contributed by atoms with E-state index < -0.39 is 10.0 Å². The molecule has 126 valence electrons. The summed E-state index contributed by atoms with van der Waals surface area (Å²) >= 11 is 0. The quantitative estimate of drug-likeness (QED) is 0.640. The molecular formula is C15H18BN3O4S. The van der Waals surface area contributed by atoms with Crippen LogP contribution in [0.5, 0.6) is 5.75 Å². The molecule has 1 saturated carbocycles. The maximum atomic E-state index is 11.7. The van der Waals surface area contributed by atoms with Gasteiger partial charge in [0, 0.05) is 23.2 Å². The van der Waals surface area contributed by atoms with Gasteiger partial charge in [0.15, 0.2) is 5.65 Å². The van der Waals surface area contributed by atoms with Crippen LogP contribution in [0.4, 0.5) is 0 Å². The zero-order chi connectivity index (χ0) is 16.9. The van der Waals surface area contributed by atoms with Crippen molar-refractivity contribution in [3.63, 3.8) is 0 Å². The fourth-order valence-corrected chi connectivity index (χ4v) is 4.28. The molecule has 3 heterocycles. The number of hydrogen-bond donors (Lipinski definition) is 2. The Morgan fingerprint density at radius 1 is 1.50 bits per heavy atom. The van der Waals surface area contributed by atoms with Crippen molar-refractivity contribution in [2.24, 2.45) is 0 Å². The molecule has 4 rings (SSSR count). The molecule has 2 aromatic rings. The number of hydrogen-bond acceptors (Lipinski definition) is 5. The van der Waals surface area contributed by atoms with E-state index in [2.05, 4.69) is 9.71 Å². The van der Waals surface area contributed by atoms with Crippen molar-refractivity contribution >= 4 is 34.6 Å². The van der Waals surface area contributed by atoms with Crippen molar-refractivity contribution < 1.29 is 18.3 Å². The summed E-state index contributed by atoms with van der Waals surface area (Å²) < 4.78 is 32.7. The van der Waals surface area contributed by atoms with E-state index in [1.54, 1.807) is 19.3 Å². The number of nitrogens with zero attached hydrogens (tertiary/aromatic N) is 2. The maximum absolute atomic E-state index is 11.7. The third kappa shape index (κ3) is 2.48. The molecular weight excluding hydrogens is 329 g/mol. The van der Waals surface area contributed by atoms with Crippen LogP contribution in [0.3, 0.4) is 0 Å². The fraction of sp³-hybridized carbons (Fsp3) is 0.400. The van der Waals surface area contributed by atoms with Gasteiger partial charge in [-0.2, -0.15) is 4.73 Å². The Bertz CT molecular complexity index is 932. The second kappa shape index (κ2) is 5.53. The van der Waals surface area contributed by atoms with Crippen molar-refractivity contribution in [2.45, 2.75) is 31.7 Å². The van der Waals surface area contributed by atoms with Gasteiger partial charge in [0.05, 0.1) is 11.9 Å². The summed E-state index contributed by atoms with van der Waals surface area (Å²) in [5, 5.41) is 11.0. The molecule has 24 heavy (non-hydrogen) atoms. The molecule has 0 atom stereocenters. The van der Waals surface area contributed by atoms with Crippen LogP contribution in [0, 0.1) is 0 Å². The molecule has 0 spiro atoms. The minimum absolute atomic E-state index is 0.0451. The van der Waals surface area contributed by atoms with Crippen LogP contribution in [-0.2, 0) is 10.0 Å². The fourth-order valence-electron chi connectivity index (χ4n) is 3.41. The van der Waals surface area contributed by atoms with E-state index in [0.717, 1.165) is 21.2 Å². The zero-order valence-corrected chi connectivity index (χ0v) is 14.1. The molecule has 2 aliphatic rings. The van der Waals surface area contributed by atoms with Gasteiger partial charge in [-0.3, -0.25) is 0 Å². The number of nitrogens with one attached hydrogen (secondary N) is 1. The summed E-state index contributed by atoms with van der Waals surface area (Å²) in [5.41, 5.74) is 2.40. The van der Waals surface area contributed by atoms with Crippen LogP contribution in [0.1, 0.15) is 36.8 Å². The summed E-state index contributed by atoms with van der Waals surface area (Å²) in [4.78, 5) is 4.29. The highest BCUT2D eigenvalue weighted by molar-refractivity contribution is 7.89. The van der Waals surface area contributed by atoms with Gasteiger partial charge in [-0.05, 0) is 31.2 Å². The predicted octanol–water partition coefficient (Wildman–Crippen LogP) is 1.17. The van der Waals surface area contributed by atoms with E-state index in [9.17, 15) is 13.6 Å². The van der Waals surface area contributed by atoms with Crippen molar-refractivity contribution in [3.05, 3.63) is 29.5 Å². The molecule has 0 saturated heterocycles. The molecule has 2 N–H and O–H groups in total. The van der Waals surface area contributed by atoms with Crippen molar-refractivity contribution in [1.29, 1.82) is 0 Å². The van der Waals surface area contributed by atoms with Crippen LogP contribution in [-0.4, -0.2) is 42.6 Å². The first kappa shape index (κ1) is 15.5. The molecule has 7 nitrogen and oxygen atoms in total. The summed E-state index contributed by atoms with van der Waals surface area (Å²) in [6, 6.07) is -0.0451. The Balaban J connectivity index is 1.66. The lowest BCUT2D eigenvalue weighted by Crippen LogP contribution is -2.43. The van der Waals surface area contributed by atoms with Crippen molar-refractivity contribution in [3.8, 4) is 5.75 Å². The highest BCUT2D eigenvalue weighted by Gasteiger charge is 2.35. The largest absolute Gasteiger partial charge is 0.558 e. The average molecular weight is 347 g/mol. The van der Waals surface area contributed by atoms with Gasteiger partial charge in [0.2, 0.25) is 10.0 Å². The maximum Gasteiger partial charge on any atom is 0.366 e. The highest BCUT2D eigenvalue weighted by atomic mass is 32.2. The lowest BCUT2D eigenvalue weighted by molar-refractivity contribution is 0.196. The first-order valence-electron chi connectivity index (χ1n) is 8.01. The van der Waals surface area contributed by atoms with Crippen molar-refractivity contribution in [2.75, 3.05) is 5.75 Å². The van der Waals surface area contributed by atoms with Gasteiger partial charge in [0.1, 0.15) is 5.75 Å². The second-order valence-electron chi connectivity index (χ2n) is 6.26. The van der Waals surface area contributed by atoms with Crippen LogP contribution in [0.15, 0.2) is 18.4 Å². The Kier molecular flexibility index (Phi) is 3.57. The summed E-state index contributed by atoms with van der Waals surface area (Å²) in [7, 11) is -2.67. The molecule has 1 aliphatic heterocycles. The number of rotatable bonds is 4. The Morgan fingerprint density at radius 3 is 3.04 bits per heavy atom. The first-order valence-corrected chi connectivity index (χ1v) is 9.66. The van der Waals surface area contributed by atoms with Gasteiger partial charge in [-0.1, -0.05) is 12.1 Å². The first-order chi connectivity index (χ1) is 11.5. The summed E-state index contributed by atoms with van der Waals surface area (Å²) in [6.45, 7) is 1.63. The average Bonchev–Trinajstić information content (AvgIpc) is 2.87. The van der Waals surface area contributed by atoms with Gasteiger partial charge in [-0.25, -0.2) is 18.1 Å². The van der Waals surface area contributed by atoms with Gasteiger partial charge in [-0.15, -0.1) is 0 Å². The number of fused-ring (bicyclic) bond motifs is 3. The highest BCUT2D eigenvalue weighted by Crippen LogP contribution is 2.43. The minimum Gasteiger partial charge on any atom is -0.558 e. The monoisotopic (exact) mass is 347 g/mol. The number of sulfonamides is 1. The smallest absolute Gasteiger partial charge is 0.366 e. The second-order valence-corrected chi connectivity index (χ2v) is 8.31. The van der Waals surface area contributed by atoms with E-state index in [1.165, 1.54) is 0 Å². The van der Waals surface area contributed by atoms with E-state index in [0.29, 0.717) is 31.7 Å². The molecule has 1 fully saturated rings. The molecule has 0 unspecified atom stereocenters. The topological polar surface area (TPSA) is 93.5 Å². The third-order valence-corrected chi connectivity index (χ3v) is 6.21. The standard InChI is InChI=1S/C15H18BN3O4S/c1-2-24(21,22)18-10-5-9(6-10)12-8-19(20)15-14(12)11-3-4-16-23-13(11)7-17-15/h3-4,7-10,16,18,20H,2,5-6H2,1H3/t9-,10-. The Labute approximate surface area is 140 Å². The molecule has 0 amide bonds. The van der Waals surface area contributed by atoms with Crippen LogP contribution < -0.4 is 9.38 Å². The number of pyridine rings is 1. The van der Waals surface area contributed by atoms with Gasteiger partial charge in [0.25, 0.3) is 0 Å². The van der Waals surface area contributed by atoms with Crippen LogP contribution in [0.25, 0.3) is 17.1 Å². The molecule has 0 radical (unpaired) electrons. The van der Waals surface area contributed by atoms with E-state index >= 15 is 0 Å². The zero-order valence-electron chi connectivity index (χ0n) is 13.3. The molecule has 0 aromatic carbocycles. The van der Waals surface area contributed by atoms with Crippen LogP contribution >= 0.6 is 0 Å². The lowest BCUT2D eigenvalue weighted by atomic mass is 9.76. The normalized spacial score (nSPS) is 22.5. The van der Waals surface area contributed by atoms with E-state index in [-0.39, 0.29) is 17.7 Å². The van der Waals surface area contributed by atoms with E-state index in [1.807, 2.05) is 12.1 Å². The molecule has 9 heteroatoms. The summed E-state index contributed by atoms with van der Waals surface area (Å²) in [6.07, 6.45) is 6.72. The molecule has 1 aliphatic carbocycles. The van der Waals surface area contributed by atoms with Gasteiger partial charge < -0.3 is 9.86 Å². The molecule has 2 aromatic heterocycles.